The number of alkyl halides is 1. The van der Waals surface area contributed by atoms with Crippen molar-refractivity contribution in [2.24, 2.45) is 0 Å². The summed E-state index contributed by atoms with van der Waals surface area (Å²) < 4.78 is 11.8. The molecule has 1 aromatic heterocycles. The van der Waals surface area contributed by atoms with Crippen molar-refractivity contribution in [1.82, 2.24) is 4.98 Å². The number of aliphatic hydroxyl groups is 1. The molecule has 1 atom stereocenters. The zero-order valence-corrected chi connectivity index (χ0v) is 7.30. The maximum atomic E-state index is 11.8. The Bertz CT molecular complexity index is 220. The highest BCUT2D eigenvalue weighted by atomic mass is 32.2. The Morgan fingerprint density at radius 2 is 2.42 bits per heavy atom. The molecule has 1 N–H and O–H groups in total. The largest absolute Gasteiger partial charge is 0.390 e. The first-order chi connectivity index (χ1) is 5.83. The number of thioether (sulfide) groups is 1. The summed E-state index contributed by atoms with van der Waals surface area (Å²) in [6, 6.07) is 5.50. The lowest BCUT2D eigenvalue weighted by atomic mass is 10.5. The molecule has 12 heavy (non-hydrogen) atoms. The number of aliphatic hydroxyl groups excluding tert-OH is 1. The lowest BCUT2D eigenvalue weighted by Crippen LogP contribution is -2.11. The number of pyridine rings is 1. The molecule has 1 rings (SSSR count). The Kier molecular flexibility index (Phi) is 4.04. The fourth-order valence-corrected chi connectivity index (χ4v) is 1.42. The van der Waals surface area contributed by atoms with Crippen LogP contribution in [0.2, 0.25) is 0 Å². The standard InChI is InChI=1S/C8H10FNOS/c9-5-7(11)6-12-8-3-1-2-4-10-8/h1-4,7,11H,5-6H2. The monoisotopic (exact) mass is 187 g/mol. The van der Waals surface area contributed by atoms with E-state index in [0.717, 1.165) is 5.03 Å². The molecule has 0 fully saturated rings. The van der Waals surface area contributed by atoms with E-state index in [1.54, 1.807) is 6.20 Å². The van der Waals surface area contributed by atoms with Gasteiger partial charge in [-0.25, -0.2) is 9.37 Å². The highest BCUT2D eigenvalue weighted by Crippen LogP contribution is 2.14. The minimum absolute atomic E-state index is 0.355. The number of rotatable bonds is 4. The van der Waals surface area contributed by atoms with Gasteiger partial charge in [0.1, 0.15) is 6.67 Å². The number of nitrogens with zero attached hydrogens (tertiary/aromatic N) is 1. The molecule has 0 saturated heterocycles. The molecule has 0 amide bonds. The smallest absolute Gasteiger partial charge is 0.116 e. The van der Waals surface area contributed by atoms with Crippen molar-refractivity contribution in [2.45, 2.75) is 11.1 Å². The first-order valence-corrected chi connectivity index (χ1v) is 4.59. The SMILES string of the molecule is OC(CF)CSc1ccccn1. The average molecular weight is 187 g/mol. The molecule has 1 unspecified atom stereocenters. The zero-order valence-electron chi connectivity index (χ0n) is 6.48. The quantitative estimate of drug-likeness (QED) is 0.725. The van der Waals surface area contributed by atoms with E-state index in [4.69, 9.17) is 5.11 Å². The molecule has 1 heterocycles. The third-order valence-electron chi connectivity index (χ3n) is 1.24. The highest BCUT2D eigenvalue weighted by Gasteiger charge is 2.03. The molecule has 0 radical (unpaired) electrons. The Hall–Kier alpha value is -0.610. The number of aromatic nitrogens is 1. The van der Waals surface area contributed by atoms with Gasteiger partial charge < -0.3 is 5.11 Å². The van der Waals surface area contributed by atoms with Gasteiger partial charge in [-0.2, -0.15) is 0 Å². The van der Waals surface area contributed by atoms with Gasteiger partial charge in [0, 0.05) is 11.9 Å². The van der Waals surface area contributed by atoms with Crippen LogP contribution in [0, 0.1) is 0 Å². The van der Waals surface area contributed by atoms with Crippen molar-refractivity contribution in [3.8, 4) is 0 Å². The van der Waals surface area contributed by atoms with E-state index in [1.165, 1.54) is 11.8 Å². The molecule has 4 heteroatoms. The van der Waals surface area contributed by atoms with Crippen molar-refractivity contribution in [2.75, 3.05) is 12.4 Å². The summed E-state index contributed by atoms with van der Waals surface area (Å²) in [5, 5.41) is 9.71. The predicted molar refractivity (Wildman–Crippen MR) is 46.9 cm³/mol. The third-order valence-corrected chi connectivity index (χ3v) is 2.33. The Morgan fingerprint density at radius 1 is 1.58 bits per heavy atom. The third kappa shape index (κ3) is 3.19. The molecule has 0 bridgehead atoms. The van der Waals surface area contributed by atoms with Gasteiger partial charge in [0.15, 0.2) is 0 Å². The molecule has 0 aromatic carbocycles. The molecule has 66 valence electrons. The van der Waals surface area contributed by atoms with Crippen molar-refractivity contribution in [1.29, 1.82) is 0 Å². The van der Waals surface area contributed by atoms with E-state index in [1.807, 2.05) is 18.2 Å². The molecule has 0 saturated carbocycles. The van der Waals surface area contributed by atoms with Crippen LogP contribution in [0.5, 0.6) is 0 Å². The lowest BCUT2D eigenvalue weighted by Gasteiger charge is -2.03. The molecule has 0 spiro atoms. The second-order valence-corrected chi connectivity index (χ2v) is 3.33. The Balaban J connectivity index is 2.33. The van der Waals surface area contributed by atoms with E-state index in [9.17, 15) is 4.39 Å². The average Bonchev–Trinajstić information content (AvgIpc) is 2.16. The van der Waals surface area contributed by atoms with Gasteiger partial charge in [0.2, 0.25) is 0 Å². The number of hydrogen-bond acceptors (Lipinski definition) is 3. The van der Waals surface area contributed by atoms with Crippen molar-refractivity contribution in [3.05, 3.63) is 24.4 Å². The fraction of sp³-hybridized carbons (Fsp3) is 0.375. The van der Waals surface area contributed by atoms with Gasteiger partial charge in [-0.3, -0.25) is 0 Å². The fourth-order valence-electron chi connectivity index (χ4n) is 0.659. The first kappa shape index (κ1) is 9.48. The highest BCUT2D eigenvalue weighted by molar-refractivity contribution is 7.99. The van der Waals surface area contributed by atoms with Gasteiger partial charge in [-0.05, 0) is 12.1 Å². The minimum atomic E-state index is -0.878. The maximum absolute atomic E-state index is 11.8. The summed E-state index contributed by atoms with van der Waals surface area (Å²) in [6.07, 6.45) is 0.793. The predicted octanol–water partition coefficient (Wildman–Crippen LogP) is 1.50. The second kappa shape index (κ2) is 5.11. The van der Waals surface area contributed by atoms with E-state index in [-0.39, 0.29) is 0 Å². The van der Waals surface area contributed by atoms with Gasteiger partial charge in [-0.15, -0.1) is 11.8 Å². The van der Waals surface area contributed by atoms with Crippen molar-refractivity contribution >= 4 is 11.8 Å². The molecule has 1 aromatic rings. The summed E-state index contributed by atoms with van der Waals surface area (Å²) in [4.78, 5) is 4.01. The topological polar surface area (TPSA) is 33.1 Å². The van der Waals surface area contributed by atoms with Crippen LogP contribution in [0.15, 0.2) is 29.4 Å². The summed E-state index contributed by atoms with van der Waals surface area (Å²) in [5.41, 5.74) is 0. The summed E-state index contributed by atoms with van der Waals surface area (Å²) >= 11 is 1.35. The first-order valence-electron chi connectivity index (χ1n) is 3.61. The van der Waals surface area contributed by atoms with Crippen molar-refractivity contribution < 1.29 is 9.50 Å². The molecular formula is C8H10FNOS. The molecule has 0 aliphatic carbocycles. The van der Waals surface area contributed by atoms with E-state index in [0.29, 0.717) is 5.75 Å². The van der Waals surface area contributed by atoms with Gasteiger partial charge >= 0.3 is 0 Å². The van der Waals surface area contributed by atoms with Crippen LogP contribution in [-0.4, -0.2) is 28.6 Å². The van der Waals surface area contributed by atoms with Crippen LogP contribution in [0.1, 0.15) is 0 Å². The van der Waals surface area contributed by atoms with Crippen LogP contribution in [-0.2, 0) is 0 Å². The summed E-state index contributed by atoms with van der Waals surface area (Å²) in [6.45, 7) is -0.695. The molecule has 2 nitrogen and oxygen atoms in total. The van der Waals surface area contributed by atoms with Crippen LogP contribution >= 0.6 is 11.8 Å². The summed E-state index contributed by atoms with van der Waals surface area (Å²) in [7, 11) is 0. The van der Waals surface area contributed by atoms with Crippen molar-refractivity contribution in [3.63, 3.8) is 0 Å². The second-order valence-electron chi connectivity index (χ2n) is 2.29. The number of halogens is 1. The lowest BCUT2D eigenvalue weighted by molar-refractivity contribution is 0.162. The van der Waals surface area contributed by atoms with E-state index < -0.39 is 12.8 Å². The van der Waals surface area contributed by atoms with Crippen LogP contribution in [0.4, 0.5) is 4.39 Å². The van der Waals surface area contributed by atoms with E-state index >= 15 is 0 Å². The van der Waals surface area contributed by atoms with Gasteiger partial charge in [0.25, 0.3) is 0 Å². The molecule has 0 aliphatic heterocycles. The van der Waals surface area contributed by atoms with E-state index in [2.05, 4.69) is 4.98 Å². The Morgan fingerprint density at radius 3 is 3.00 bits per heavy atom. The maximum Gasteiger partial charge on any atom is 0.116 e. The van der Waals surface area contributed by atoms with Gasteiger partial charge in [0.05, 0.1) is 11.1 Å². The normalized spacial score (nSPS) is 12.8. The zero-order chi connectivity index (χ0) is 8.81. The molecule has 0 aliphatic rings. The summed E-state index contributed by atoms with van der Waals surface area (Å²) in [5.74, 6) is 0.355. The Labute approximate surface area is 74.8 Å². The van der Waals surface area contributed by atoms with Gasteiger partial charge in [-0.1, -0.05) is 6.07 Å². The van der Waals surface area contributed by atoms with Crippen LogP contribution in [0.25, 0.3) is 0 Å². The number of hydrogen-bond donors (Lipinski definition) is 1. The van der Waals surface area contributed by atoms with Crippen LogP contribution < -0.4 is 0 Å². The minimum Gasteiger partial charge on any atom is -0.390 e. The van der Waals surface area contributed by atoms with Crippen LogP contribution in [0.3, 0.4) is 0 Å². The molecular weight excluding hydrogens is 177 g/mol.